The van der Waals surface area contributed by atoms with Crippen molar-refractivity contribution in [2.45, 2.75) is 38.5 Å². The number of halogens is 1. The van der Waals surface area contributed by atoms with E-state index in [2.05, 4.69) is 5.32 Å². The lowest BCUT2D eigenvalue weighted by molar-refractivity contribution is -0.126. The number of ether oxygens (including phenoxy) is 1. The predicted molar refractivity (Wildman–Crippen MR) is 102 cm³/mol. The lowest BCUT2D eigenvalue weighted by atomic mass is 9.95. The molecule has 1 aliphatic rings. The van der Waals surface area contributed by atoms with Crippen LogP contribution in [0, 0.1) is 11.3 Å². The molecular weight excluding hydrogens is 376 g/mol. The number of hydrogen-bond donors (Lipinski definition) is 1. The van der Waals surface area contributed by atoms with Crippen LogP contribution in [0.1, 0.15) is 33.6 Å². The van der Waals surface area contributed by atoms with Crippen LogP contribution in [0.4, 0.5) is 0 Å². The quantitative estimate of drug-likeness (QED) is 0.821. The number of carbonyl (C=O) groups is 1. The van der Waals surface area contributed by atoms with Crippen LogP contribution in [0.15, 0.2) is 23.1 Å². The third-order valence-corrected chi connectivity index (χ3v) is 6.47. The molecule has 1 heterocycles. The molecule has 1 amide bonds. The van der Waals surface area contributed by atoms with Gasteiger partial charge in [0.05, 0.1) is 22.9 Å². The highest BCUT2D eigenvalue weighted by molar-refractivity contribution is 7.89. The molecule has 0 unspecified atom stereocenters. The van der Waals surface area contributed by atoms with E-state index in [1.165, 1.54) is 29.6 Å². The van der Waals surface area contributed by atoms with Gasteiger partial charge in [0.25, 0.3) is 0 Å². The molecule has 8 heteroatoms. The van der Waals surface area contributed by atoms with Gasteiger partial charge < -0.3 is 10.1 Å². The number of hydrogen-bond acceptors (Lipinski definition) is 4. The van der Waals surface area contributed by atoms with Crippen molar-refractivity contribution in [1.82, 2.24) is 9.62 Å². The Balaban J connectivity index is 2.12. The molecule has 1 aliphatic heterocycles. The summed E-state index contributed by atoms with van der Waals surface area (Å²) in [6.45, 7) is 7.26. The van der Waals surface area contributed by atoms with E-state index >= 15 is 0 Å². The summed E-state index contributed by atoms with van der Waals surface area (Å²) in [4.78, 5) is 12.5. The van der Waals surface area contributed by atoms with E-state index in [1.807, 2.05) is 20.8 Å². The Morgan fingerprint density at radius 2 is 2.08 bits per heavy atom. The number of benzene rings is 1. The Bertz CT molecular complexity index is 759. The summed E-state index contributed by atoms with van der Waals surface area (Å²) in [6.07, 6.45) is 1.34. The first-order valence-electron chi connectivity index (χ1n) is 8.66. The first-order chi connectivity index (χ1) is 12.0. The second-order valence-corrected chi connectivity index (χ2v) is 10.1. The zero-order chi connectivity index (χ0) is 19.5. The summed E-state index contributed by atoms with van der Waals surface area (Å²) in [5, 5.41) is 3.17. The van der Waals surface area contributed by atoms with Crippen LogP contribution < -0.4 is 10.1 Å². The van der Waals surface area contributed by atoms with Gasteiger partial charge in [0.15, 0.2) is 0 Å². The number of rotatable bonds is 5. The van der Waals surface area contributed by atoms with Gasteiger partial charge >= 0.3 is 0 Å². The molecule has 1 aromatic rings. The maximum absolute atomic E-state index is 12.9. The van der Waals surface area contributed by atoms with Crippen molar-refractivity contribution in [3.63, 3.8) is 0 Å². The SMILES string of the molecule is COc1ccc(S(=O)(=O)N2CCC[C@H](C(=O)NCC(C)(C)C)C2)cc1Cl. The number of carbonyl (C=O) groups excluding carboxylic acids is 1. The van der Waals surface area contributed by atoms with E-state index < -0.39 is 10.0 Å². The standard InChI is InChI=1S/C18H27ClN2O4S/c1-18(2,3)12-20-17(22)13-6-5-9-21(11-13)26(23,24)14-7-8-16(25-4)15(19)10-14/h7-8,10,13H,5-6,9,11-12H2,1-4H3,(H,20,22)/t13-/m0/s1. The number of nitrogens with one attached hydrogen (secondary N) is 1. The molecule has 1 fully saturated rings. The lowest BCUT2D eigenvalue weighted by Gasteiger charge is -2.32. The topological polar surface area (TPSA) is 75.7 Å². The molecule has 1 atom stereocenters. The third kappa shape index (κ3) is 5.11. The van der Waals surface area contributed by atoms with E-state index in [0.717, 1.165) is 0 Å². The van der Waals surface area contributed by atoms with Crippen molar-refractivity contribution in [2.75, 3.05) is 26.7 Å². The number of piperidine rings is 1. The minimum Gasteiger partial charge on any atom is -0.495 e. The maximum Gasteiger partial charge on any atom is 0.243 e. The monoisotopic (exact) mass is 402 g/mol. The highest BCUT2D eigenvalue weighted by atomic mass is 35.5. The van der Waals surface area contributed by atoms with Crippen molar-refractivity contribution in [3.05, 3.63) is 23.2 Å². The average Bonchev–Trinajstić information content (AvgIpc) is 2.59. The summed E-state index contributed by atoms with van der Waals surface area (Å²) in [5.74, 6) is -0.00845. The van der Waals surface area contributed by atoms with Gasteiger partial charge in [0, 0.05) is 19.6 Å². The van der Waals surface area contributed by atoms with E-state index in [-0.39, 0.29) is 33.7 Å². The molecule has 1 saturated heterocycles. The van der Waals surface area contributed by atoms with E-state index in [0.29, 0.717) is 31.7 Å². The molecule has 0 aliphatic carbocycles. The minimum absolute atomic E-state index is 0.0179. The van der Waals surface area contributed by atoms with E-state index in [4.69, 9.17) is 16.3 Å². The van der Waals surface area contributed by atoms with E-state index in [9.17, 15) is 13.2 Å². The van der Waals surface area contributed by atoms with Crippen molar-refractivity contribution in [2.24, 2.45) is 11.3 Å². The molecule has 0 aromatic heterocycles. The number of nitrogens with zero attached hydrogens (tertiary/aromatic N) is 1. The highest BCUT2D eigenvalue weighted by Gasteiger charge is 2.33. The van der Waals surface area contributed by atoms with Crippen molar-refractivity contribution < 1.29 is 17.9 Å². The Morgan fingerprint density at radius 3 is 2.65 bits per heavy atom. The van der Waals surface area contributed by atoms with Gasteiger partial charge in [0.2, 0.25) is 15.9 Å². The molecule has 0 bridgehead atoms. The van der Waals surface area contributed by atoms with Crippen LogP contribution in [0.3, 0.4) is 0 Å². The fourth-order valence-electron chi connectivity index (χ4n) is 2.83. The van der Waals surface area contributed by atoms with Gasteiger partial charge in [-0.3, -0.25) is 4.79 Å². The van der Waals surface area contributed by atoms with Gasteiger partial charge in [-0.05, 0) is 36.5 Å². The highest BCUT2D eigenvalue weighted by Crippen LogP contribution is 2.30. The summed E-state index contributed by atoms with van der Waals surface area (Å²) < 4.78 is 32.3. The van der Waals surface area contributed by atoms with Gasteiger partial charge in [-0.25, -0.2) is 8.42 Å². The number of sulfonamides is 1. The second-order valence-electron chi connectivity index (χ2n) is 7.78. The zero-order valence-electron chi connectivity index (χ0n) is 15.7. The molecule has 26 heavy (non-hydrogen) atoms. The molecule has 146 valence electrons. The van der Waals surface area contributed by atoms with Crippen molar-refractivity contribution in [3.8, 4) is 5.75 Å². The van der Waals surface area contributed by atoms with Gasteiger partial charge in [-0.1, -0.05) is 32.4 Å². The van der Waals surface area contributed by atoms with Crippen LogP contribution in [-0.4, -0.2) is 45.4 Å². The van der Waals surface area contributed by atoms with Crippen LogP contribution in [0.2, 0.25) is 5.02 Å². The van der Waals surface area contributed by atoms with Crippen LogP contribution >= 0.6 is 11.6 Å². The smallest absolute Gasteiger partial charge is 0.243 e. The molecule has 2 rings (SSSR count). The molecular formula is C18H27ClN2O4S. The van der Waals surface area contributed by atoms with Gasteiger partial charge in [-0.15, -0.1) is 0 Å². The third-order valence-electron chi connectivity index (χ3n) is 4.31. The molecule has 0 spiro atoms. The summed E-state index contributed by atoms with van der Waals surface area (Å²) in [7, 11) is -2.23. The normalized spacial score (nSPS) is 19.2. The van der Waals surface area contributed by atoms with Crippen LogP contribution in [0.25, 0.3) is 0 Å². The first-order valence-corrected chi connectivity index (χ1v) is 10.5. The fourth-order valence-corrected chi connectivity index (χ4v) is 4.70. The van der Waals surface area contributed by atoms with Gasteiger partial charge in [0.1, 0.15) is 5.75 Å². The molecule has 1 aromatic carbocycles. The zero-order valence-corrected chi connectivity index (χ0v) is 17.3. The minimum atomic E-state index is -3.71. The molecule has 1 N–H and O–H groups in total. The predicted octanol–water partition coefficient (Wildman–Crippen LogP) is 2.91. The average molecular weight is 403 g/mol. The maximum atomic E-state index is 12.9. The second kappa shape index (κ2) is 8.15. The van der Waals surface area contributed by atoms with Crippen LogP contribution in [-0.2, 0) is 14.8 Å². The Labute approximate surface area is 160 Å². The largest absolute Gasteiger partial charge is 0.495 e. The van der Waals surface area contributed by atoms with Crippen LogP contribution in [0.5, 0.6) is 5.75 Å². The number of methoxy groups -OCH3 is 1. The molecule has 0 saturated carbocycles. The first kappa shape index (κ1) is 21.0. The molecule has 0 radical (unpaired) electrons. The summed E-state index contributed by atoms with van der Waals surface area (Å²) in [6, 6.07) is 4.40. The number of amides is 1. The lowest BCUT2D eigenvalue weighted by Crippen LogP contribution is -2.46. The van der Waals surface area contributed by atoms with E-state index in [1.54, 1.807) is 0 Å². The Kier molecular flexibility index (Phi) is 6.58. The fraction of sp³-hybridized carbons (Fsp3) is 0.611. The Morgan fingerprint density at radius 1 is 1.38 bits per heavy atom. The Hall–Kier alpha value is -1.31. The van der Waals surface area contributed by atoms with Crippen molar-refractivity contribution >= 4 is 27.5 Å². The summed E-state index contributed by atoms with van der Waals surface area (Å²) in [5.41, 5.74) is -0.0179. The molecule has 6 nitrogen and oxygen atoms in total. The summed E-state index contributed by atoms with van der Waals surface area (Å²) >= 11 is 6.07. The van der Waals surface area contributed by atoms with Gasteiger partial charge in [-0.2, -0.15) is 4.31 Å². The van der Waals surface area contributed by atoms with Crippen molar-refractivity contribution in [1.29, 1.82) is 0 Å².